The summed E-state index contributed by atoms with van der Waals surface area (Å²) in [5.41, 5.74) is -0.0493. The number of rotatable bonds is 1. The molecule has 6 nitrogen and oxygen atoms in total. The highest BCUT2D eigenvalue weighted by Gasteiger charge is 2.20. The van der Waals surface area contributed by atoms with Crippen molar-refractivity contribution in [3.63, 3.8) is 0 Å². The Hall–Kier alpha value is -2.18. The highest BCUT2D eigenvalue weighted by molar-refractivity contribution is 6.36. The quantitative estimate of drug-likeness (QED) is 0.713. The van der Waals surface area contributed by atoms with Crippen LogP contribution in [-0.2, 0) is 14.1 Å². The number of aromatic nitrogens is 3. The molecule has 2 aromatic heterocycles. The van der Waals surface area contributed by atoms with E-state index >= 15 is 0 Å². The van der Waals surface area contributed by atoms with Crippen LogP contribution in [0.2, 0.25) is 10.0 Å². The lowest BCUT2D eigenvalue weighted by molar-refractivity contribution is 0.480. The minimum Gasteiger partial charge on any atom is -0.504 e. The Morgan fingerprint density at radius 1 is 1.14 bits per heavy atom. The average molecular weight is 340 g/mol. The normalized spacial score (nSPS) is 11.3. The first kappa shape index (κ1) is 14.7. The van der Waals surface area contributed by atoms with Gasteiger partial charge in [-0.2, -0.15) is 0 Å². The summed E-state index contributed by atoms with van der Waals surface area (Å²) in [5, 5.41) is 11.2. The van der Waals surface area contributed by atoms with Crippen LogP contribution in [0.3, 0.4) is 0 Å². The molecule has 0 saturated heterocycles. The Balaban J connectivity index is 2.46. The Morgan fingerprint density at radius 2 is 1.82 bits per heavy atom. The van der Waals surface area contributed by atoms with E-state index in [1.807, 2.05) is 0 Å². The third-order valence-electron chi connectivity index (χ3n) is 3.58. The number of nitrogens with zero attached hydrogens (tertiary/aromatic N) is 2. The van der Waals surface area contributed by atoms with Crippen LogP contribution in [-0.4, -0.2) is 19.2 Å². The highest BCUT2D eigenvalue weighted by Crippen LogP contribution is 2.38. The van der Waals surface area contributed by atoms with E-state index in [1.165, 1.54) is 24.7 Å². The molecule has 114 valence electrons. The number of H-pyrrole nitrogens is 1. The van der Waals surface area contributed by atoms with Crippen molar-refractivity contribution in [2.45, 2.75) is 0 Å². The number of aryl methyl sites for hydroxylation is 1. The first-order valence-electron chi connectivity index (χ1n) is 6.29. The fourth-order valence-corrected chi connectivity index (χ4v) is 2.93. The third-order valence-corrected chi connectivity index (χ3v) is 4.12. The summed E-state index contributed by atoms with van der Waals surface area (Å²) in [6.07, 6.45) is 0. The maximum absolute atomic E-state index is 12.2. The van der Waals surface area contributed by atoms with Crippen molar-refractivity contribution in [1.82, 2.24) is 14.1 Å². The van der Waals surface area contributed by atoms with Crippen molar-refractivity contribution in [3.8, 4) is 17.0 Å². The van der Waals surface area contributed by atoms with Gasteiger partial charge in [-0.15, -0.1) is 0 Å². The summed E-state index contributed by atoms with van der Waals surface area (Å²) in [7, 11) is 2.85. The fourth-order valence-electron chi connectivity index (χ4n) is 2.42. The zero-order valence-electron chi connectivity index (χ0n) is 11.6. The molecule has 0 aliphatic carbocycles. The zero-order chi connectivity index (χ0) is 16.2. The van der Waals surface area contributed by atoms with Gasteiger partial charge in [0.15, 0.2) is 5.75 Å². The first-order chi connectivity index (χ1) is 10.3. The van der Waals surface area contributed by atoms with Gasteiger partial charge in [-0.3, -0.25) is 13.9 Å². The van der Waals surface area contributed by atoms with Gasteiger partial charge in [-0.1, -0.05) is 23.2 Å². The van der Waals surface area contributed by atoms with Crippen LogP contribution in [0, 0.1) is 0 Å². The van der Waals surface area contributed by atoms with Gasteiger partial charge < -0.3 is 10.1 Å². The summed E-state index contributed by atoms with van der Waals surface area (Å²) in [6, 6.07) is 4.77. The smallest absolute Gasteiger partial charge is 0.331 e. The van der Waals surface area contributed by atoms with E-state index in [4.69, 9.17) is 23.2 Å². The van der Waals surface area contributed by atoms with Crippen molar-refractivity contribution in [2.24, 2.45) is 14.1 Å². The number of aromatic amines is 1. The Morgan fingerprint density at radius 3 is 2.45 bits per heavy atom. The molecule has 3 rings (SSSR count). The van der Waals surface area contributed by atoms with Gasteiger partial charge >= 0.3 is 5.69 Å². The van der Waals surface area contributed by atoms with Crippen molar-refractivity contribution >= 4 is 34.2 Å². The number of nitrogens with one attached hydrogen (secondary N) is 1. The lowest BCUT2D eigenvalue weighted by atomic mass is 10.1. The number of hydrogen-bond donors (Lipinski definition) is 2. The Labute approximate surface area is 134 Å². The summed E-state index contributed by atoms with van der Waals surface area (Å²) in [5.74, 6) is -0.212. The molecule has 1 aromatic carbocycles. The van der Waals surface area contributed by atoms with Gasteiger partial charge in [0.1, 0.15) is 11.0 Å². The minimum atomic E-state index is -0.527. The van der Waals surface area contributed by atoms with E-state index in [1.54, 1.807) is 12.1 Å². The Bertz CT molecular complexity index is 1030. The molecule has 8 heteroatoms. The maximum atomic E-state index is 12.2. The Kier molecular flexibility index (Phi) is 3.30. The minimum absolute atomic E-state index is 0.128. The first-order valence-corrected chi connectivity index (χ1v) is 7.04. The number of aromatic hydroxyl groups is 1. The van der Waals surface area contributed by atoms with Gasteiger partial charge in [0.05, 0.1) is 10.7 Å². The second-order valence-corrected chi connectivity index (χ2v) is 5.75. The molecule has 2 heterocycles. The molecule has 22 heavy (non-hydrogen) atoms. The second kappa shape index (κ2) is 4.93. The molecule has 3 aromatic rings. The molecule has 0 aliphatic rings. The number of halogens is 2. The molecule has 0 atom stereocenters. The molecule has 0 saturated carbocycles. The number of fused-ring (bicyclic) bond motifs is 1. The van der Waals surface area contributed by atoms with Crippen molar-refractivity contribution < 1.29 is 5.11 Å². The molecule has 0 bridgehead atoms. The standard InChI is InChI=1S/C14H11Cl2N3O3/c1-18-11-10(13(21)19(2)14(18)22)17-9(12(11)20)7-4-3-6(15)5-8(7)16/h3-5,17,20H,1-2H3. The van der Waals surface area contributed by atoms with Crippen molar-refractivity contribution in [3.05, 3.63) is 49.1 Å². The number of hydrogen-bond acceptors (Lipinski definition) is 3. The van der Waals surface area contributed by atoms with Crippen LogP contribution in [0.4, 0.5) is 0 Å². The fraction of sp³-hybridized carbons (Fsp3) is 0.143. The molecule has 0 amide bonds. The molecular weight excluding hydrogens is 329 g/mol. The van der Waals surface area contributed by atoms with Crippen LogP contribution in [0.1, 0.15) is 0 Å². The average Bonchev–Trinajstić information content (AvgIpc) is 2.81. The third kappa shape index (κ3) is 1.95. The van der Waals surface area contributed by atoms with Crippen LogP contribution < -0.4 is 11.2 Å². The molecule has 2 N–H and O–H groups in total. The molecule has 0 fully saturated rings. The van der Waals surface area contributed by atoms with Crippen LogP contribution in [0.25, 0.3) is 22.3 Å². The zero-order valence-corrected chi connectivity index (χ0v) is 13.2. The van der Waals surface area contributed by atoms with Gasteiger partial charge in [-0.05, 0) is 18.2 Å². The largest absolute Gasteiger partial charge is 0.504 e. The number of benzene rings is 1. The van der Waals surface area contributed by atoms with Crippen LogP contribution >= 0.6 is 23.2 Å². The monoisotopic (exact) mass is 339 g/mol. The lowest BCUT2D eigenvalue weighted by Gasteiger charge is -2.04. The van der Waals surface area contributed by atoms with E-state index in [9.17, 15) is 14.7 Å². The molecule has 0 spiro atoms. The molecule has 0 radical (unpaired) electrons. The van der Waals surface area contributed by atoms with Gasteiger partial charge in [0.25, 0.3) is 5.56 Å². The molecule has 0 unspecified atom stereocenters. The SMILES string of the molecule is Cn1c(=O)c2[nH]c(-c3ccc(Cl)cc3Cl)c(O)c2n(C)c1=O. The van der Waals surface area contributed by atoms with Gasteiger partial charge in [0, 0.05) is 24.7 Å². The topological polar surface area (TPSA) is 80.0 Å². The van der Waals surface area contributed by atoms with E-state index in [0.29, 0.717) is 15.6 Å². The van der Waals surface area contributed by atoms with E-state index < -0.39 is 11.2 Å². The lowest BCUT2D eigenvalue weighted by Crippen LogP contribution is -2.36. The second-order valence-electron chi connectivity index (χ2n) is 4.90. The summed E-state index contributed by atoms with van der Waals surface area (Å²) >= 11 is 12.0. The van der Waals surface area contributed by atoms with Crippen LogP contribution in [0.15, 0.2) is 27.8 Å². The van der Waals surface area contributed by atoms with E-state index in [-0.39, 0.29) is 22.5 Å². The van der Waals surface area contributed by atoms with Gasteiger partial charge in [-0.25, -0.2) is 4.79 Å². The maximum Gasteiger partial charge on any atom is 0.331 e. The molecule has 0 aliphatic heterocycles. The summed E-state index contributed by atoms with van der Waals surface area (Å²) in [4.78, 5) is 27.0. The predicted octanol–water partition coefficient (Wildman–Crippen LogP) is 2.24. The predicted molar refractivity (Wildman–Crippen MR) is 85.9 cm³/mol. The summed E-state index contributed by atoms with van der Waals surface area (Å²) < 4.78 is 2.17. The summed E-state index contributed by atoms with van der Waals surface area (Å²) in [6.45, 7) is 0. The van der Waals surface area contributed by atoms with Crippen LogP contribution in [0.5, 0.6) is 5.75 Å². The van der Waals surface area contributed by atoms with Crippen molar-refractivity contribution in [2.75, 3.05) is 0 Å². The molecular formula is C14H11Cl2N3O3. The van der Waals surface area contributed by atoms with Gasteiger partial charge in [0.2, 0.25) is 0 Å². The van der Waals surface area contributed by atoms with Crippen molar-refractivity contribution in [1.29, 1.82) is 0 Å². The highest BCUT2D eigenvalue weighted by atomic mass is 35.5. The van der Waals surface area contributed by atoms with E-state index in [0.717, 1.165) is 4.57 Å². The van der Waals surface area contributed by atoms with E-state index in [2.05, 4.69) is 4.98 Å².